The van der Waals surface area contributed by atoms with Gasteiger partial charge in [-0.2, -0.15) is 5.26 Å². The quantitative estimate of drug-likeness (QED) is 0.757. The van der Waals surface area contributed by atoms with Crippen LogP contribution >= 0.6 is 0 Å². The van der Waals surface area contributed by atoms with E-state index in [1.165, 1.54) is 19.3 Å². The van der Waals surface area contributed by atoms with Crippen LogP contribution in [0.15, 0.2) is 18.2 Å². The normalized spacial score (nSPS) is 19.7. The predicted molar refractivity (Wildman–Crippen MR) is 67.9 cm³/mol. The van der Waals surface area contributed by atoms with Crippen LogP contribution in [-0.2, 0) is 6.54 Å². The second-order valence-electron chi connectivity index (χ2n) is 5.21. The van der Waals surface area contributed by atoms with Gasteiger partial charge in [0, 0.05) is 18.2 Å². The Morgan fingerprint density at radius 1 is 1.22 bits per heavy atom. The van der Waals surface area contributed by atoms with Gasteiger partial charge in [0.2, 0.25) is 0 Å². The summed E-state index contributed by atoms with van der Waals surface area (Å²) < 4.78 is 0. The molecule has 18 heavy (non-hydrogen) atoms. The molecular weight excluding hydrogens is 224 g/mol. The van der Waals surface area contributed by atoms with Crippen LogP contribution in [-0.4, -0.2) is 16.8 Å². The first kappa shape index (κ1) is 11.3. The van der Waals surface area contributed by atoms with Crippen LogP contribution in [0.1, 0.15) is 53.6 Å². The van der Waals surface area contributed by atoms with E-state index in [-0.39, 0.29) is 5.91 Å². The third kappa shape index (κ3) is 1.78. The Bertz CT molecular complexity index is 524. The molecule has 1 saturated carbocycles. The van der Waals surface area contributed by atoms with Crippen molar-refractivity contribution in [3.63, 3.8) is 0 Å². The van der Waals surface area contributed by atoms with Crippen LogP contribution in [0.5, 0.6) is 0 Å². The van der Waals surface area contributed by atoms with Gasteiger partial charge in [0.1, 0.15) is 0 Å². The Balaban J connectivity index is 1.87. The summed E-state index contributed by atoms with van der Waals surface area (Å²) in [6, 6.07) is 7.97. The van der Waals surface area contributed by atoms with Gasteiger partial charge in [0.05, 0.1) is 11.6 Å². The summed E-state index contributed by atoms with van der Waals surface area (Å²) in [7, 11) is 0. The van der Waals surface area contributed by atoms with Gasteiger partial charge in [0.25, 0.3) is 5.91 Å². The third-order valence-electron chi connectivity index (χ3n) is 4.09. The van der Waals surface area contributed by atoms with E-state index in [0.29, 0.717) is 11.6 Å². The van der Waals surface area contributed by atoms with E-state index in [2.05, 4.69) is 6.07 Å². The second-order valence-corrected chi connectivity index (χ2v) is 5.21. The zero-order valence-electron chi connectivity index (χ0n) is 10.4. The van der Waals surface area contributed by atoms with Gasteiger partial charge in [-0.15, -0.1) is 0 Å². The second kappa shape index (κ2) is 4.45. The molecule has 1 amide bonds. The maximum atomic E-state index is 12.4. The van der Waals surface area contributed by atoms with Crippen molar-refractivity contribution in [3.05, 3.63) is 34.9 Å². The van der Waals surface area contributed by atoms with E-state index in [0.717, 1.165) is 30.5 Å². The topological polar surface area (TPSA) is 44.1 Å². The molecule has 3 nitrogen and oxygen atoms in total. The number of hydrogen-bond acceptors (Lipinski definition) is 2. The average molecular weight is 240 g/mol. The summed E-state index contributed by atoms with van der Waals surface area (Å²) in [5, 5.41) is 8.89. The third-order valence-corrected chi connectivity index (χ3v) is 4.09. The van der Waals surface area contributed by atoms with Gasteiger partial charge >= 0.3 is 0 Å². The lowest BCUT2D eigenvalue weighted by Gasteiger charge is -2.30. The molecule has 1 aliphatic heterocycles. The summed E-state index contributed by atoms with van der Waals surface area (Å²) in [6.45, 7) is 0.727. The minimum absolute atomic E-state index is 0.119. The molecule has 2 aliphatic rings. The molecule has 0 aromatic heterocycles. The number of hydrogen-bond donors (Lipinski definition) is 0. The minimum Gasteiger partial charge on any atom is -0.331 e. The van der Waals surface area contributed by atoms with Gasteiger partial charge in [-0.3, -0.25) is 4.79 Å². The van der Waals surface area contributed by atoms with Crippen molar-refractivity contribution in [3.8, 4) is 6.07 Å². The Hall–Kier alpha value is -1.82. The smallest absolute Gasteiger partial charge is 0.254 e. The van der Waals surface area contributed by atoms with E-state index >= 15 is 0 Å². The molecule has 1 aromatic rings. The fraction of sp³-hybridized carbons (Fsp3) is 0.467. The largest absolute Gasteiger partial charge is 0.331 e. The Morgan fingerprint density at radius 3 is 2.72 bits per heavy atom. The summed E-state index contributed by atoms with van der Waals surface area (Å²) in [4.78, 5) is 14.4. The summed E-state index contributed by atoms with van der Waals surface area (Å²) >= 11 is 0. The van der Waals surface area contributed by atoms with Crippen molar-refractivity contribution in [2.24, 2.45) is 0 Å². The molecule has 0 atom stereocenters. The number of carbonyl (C=O) groups is 1. The van der Waals surface area contributed by atoms with Gasteiger partial charge < -0.3 is 4.90 Å². The molecule has 0 unspecified atom stereocenters. The zero-order chi connectivity index (χ0) is 12.5. The van der Waals surface area contributed by atoms with E-state index in [9.17, 15) is 4.79 Å². The molecule has 3 heteroatoms. The number of carbonyl (C=O) groups excluding carboxylic acids is 1. The number of fused-ring (bicyclic) bond motifs is 1. The van der Waals surface area contributed by atoms with Gasteiger partial charge in [0.15, 0.2) is 0 Å². The van der Waals surface area contributed by atoms with Crippen LogP contribution in [0.4, 0.5) is 0 Å². The molecule has 0 radical (unpaired) electrons. The van der Waals surface area contributed by atoms with Crippen molar-refractivity contribution in [2.45, 2.75) is 44.7 Å². The fourth-order valence-electron chi connectivity index (χ4n) is 3.08. The maximum Gasteiger partial charge on any atom is 0.254 e. The standard InChI is InChI=1S/C15H16N2O/c16-9-11-6-7-12-10-17(15(18)14(12)8-11)13-4-2-1-3-5-13/h6-8,13H,1-5,10H2. The first-order chi connectivity index (χ1) is 8.79. The Kier molecular flexibility index (Phi) is 2.79. The number of nitriles is 1. The maximum absolute atomic E-state index is 12.4. The van der Waals surface area contributed by atoms with Crippen molar-refractivity contribution < 1.29 is 4.79 Å². The number of nitrogens with zero attached hydrogens (tertiary/aromatic N) is 2. The van der Waals surface area contributed by atoms with Gasteiger partial charge in [-0.05, 0) is 30.5 Å². The Morgan fingerprint density at radius 2 is 2.00 bits per heavy atom. The number of rotatable bonds is 1. The summed E-state index contributed by atoms with van der Waals surface area (Å²) in [5.41, 5.74) is 2.39. The van der Waals surface area contributed by atoms with Crippen molar-refractivity contribution >= 4 is 5.91 Å². The van der Waals surface area contributed by atoms with Crippen molar-refractivity contribution in [1.82, 2.24) is 4.90 Å². The predicted octanol–water partition coefficient (Wildman–Crippen LogP) is 2.85. The number of amides is 1. The molecule has 1 fully saturated rings. The first-order valence-corrected chi connectivity index (χ1v) is 6.63. The monoisotopic (exact) mass is 240 g/mol. The minimum atomic E-state index is 0.119. The molecule has 0 N–H and O–H groups in total. The number of benzene rings is 1. The fourth-order valence-corrected chi connectivity index (χ4v) is 3.08. The molecule has 0 saturated heterocycles. The molecule has 92 valence electrons. The van der Waals surface area contributed by atoms with Crippen LogP contribution in [0.25, 0.3) is 0 Å². The molecular formula is C15H16N2O. The molecule has 1 aliphatic carbocycles. The van der Waals surface area contributed by atoms with Crippen LogP contribution in [0.2, 0.25) is 0 Å². The van der Waals surface area contributed by atoms with E-state index < -0.39 is 0 Å². The molecule has 1 aromatic carbocycles. The van der Waals surface area contributed by atoms with Gasteiger partial charge in [-0.25, -0.2) is 0 Å². The summed E-state index contributed by atoms with van der Waals surface area (Å²) in [6.07, 6.45) is 6.02. The highest BCUT2D eigenvalue weighted by Crippen LogP contribution is 2.31. The van der Waals surface area contributed by atoms with E-state index in [1.807, 2.05) is 11.0 Å². The first-order valence-electron chi connectivity index (χ1n) is 6.63. The van der Waals surface area contributed by atoms with E-state index in [1.54, 1.807) is 12.1 Å². The summed E-state index contributed by atoms with van der Waals surface area (Å²) in [5.74, 6) is 0.119. The SMILES string of the molecule is N#Cc1ccc2c(c1)C(=O)N(C1CCCCC1)C2. The average Bonchev–Trinajstić information content (AvgIpc) is 2.77. The molecule has 1 heterocycles. The highest BCUT2D eigenvalue weighted by molar-refractivity contribution is 5.98. The van der Waals surface area contributed by atoms with Crippen LogP contribution < -0.4 is 0 Å². The van der Waals surface area contributed by atoms with Gasteiger partial charge in [-0.1, -0.05) is 25.3 Å². The van der Waals surface area contributed by atoms with Crippen molar-refractivity contribution in [2.75, 3.05) is 0 Å². The highest BCUT2D eigenvalue weighted by Gasteiger charge is 2.33. The lowest BCUT2D eigenvalue weighted by atomic mass is 9.94. The van der Waals surface area contributed by atoms with Crippen LogP contribution in [0.3, 0.4) is 0 Å². The van der Waals surface area contributed by atoms with E-state index in [4.69, 9.17) is 5.26 Å². The molecule has 0 bridgehead atoms. The Labute approximate surface area is 107 Å². The zero-order valence-corrected chi connectivity index (χ0v) is 10.4. The highest BCUT2D eigenvalue weighted by atomic mass is 16.2. The lowest BCUT2D eigenvalue weighted by molar-refractivity contribution is 0.0660. The van der Waals surface area contributed by atoms with Crippen LogP contribution in [0, 0.1) is 11.3 Å². The van der Waals surface area contributed by atoms with Crippen molar-refractivity contribution in [1.29, 1.82) is 5.26 Å². The molecule has 0 spiro atoms. The lowest BCUT2D eigenvalue weighted by Crippen LogP contribution is -2.36. The molecule has 3 rings (SSSR count).